The fraction of sp³-hybridized carbons (Fsp3) is 0.462. The summed E-state index contributed by atoms with van der Waals surface area (Å²) in [6, 6.07) is 7.64. The third-order valence-corrected chi connectivity index (χ3v) is 6.22. The van der Waals surface area contributed by atoms with Crippen LogP contribution in [0.2, 0.25) is 0 Å². The summed E-state index contributed by atoms with van der Waals surface area (Å²) in [4.78, 5) is 19.8. The third-order valence-electron chi connectivity index (χ3n) is 6.22. The standard InChI is InChI=1S/C26H30F4N4O4/c1-36-12-13-38-33-24(37-2)21-11-9-18(14-23(21)27)32-25(35)34(19-6-4-3-5-7-19)20-10-8-17(16-31)22(15-20)26(28,29)30/h8-11,14-15,19,24,33H,3-7,12-13H2,1-2H3,(H,32,35). The predicted molar refractivity (Wildman–Crippen MR) is 132 cm³/mol. The molecule has 0 spiro atoms. The lowest BCUT2D eigenvalue weighted by atomic mass is 9.93. The first kappa shape index (κ1) is 29.3. The summed E-state index contributed by atoms with van der Waals surface area (Å²) in [6.07, 6.45) is -1.90. The van der Waals surface area contributed by atoms with Crippen LogP contribution in [0.15, 0.2) is 36.4 Å². The maximum absolute atomic E-state index is 14.9. The number of ether oxygens (including phenoxy) is 2. The average Bonchev–Trinajstić information content (AvgIpc) is 2.89. The highest BCUT2D eigenvalue weighted by atomic mass is 19.4. The Hall–Kier alpha value is -3.24. The van der Waals surface area contributed by atoms with Gasteiger partial charge in [0.1, 0.15) is 5.82 Å². The summed E-state index contributed by atoms with van der Waals surface area (Å²) >= 11 is 0. The zero-order valence-corrected chi connectivity index (χ0v) is 21.1. The number of nitriles is 1. The minimum Gasteiger partial charge on any atom is -0.382 e. The molecular weight excluding hydrogens is 508 g/mol. The fourth-order valence-electron chi connectivity index (χ4n) is 4.35. The van der Waals surface area contributed by atoms with E-state index in [9.17, 15) is 22.4 Å². The van der Waals surface area contributed by atoms with Crippen LogP contribution in [0, 0.1) is 17.1 Å². The quantitative estimate of drug-likeness (QED) is 0.169. The van der Waals surface area contributed by atoms with Gasteiger partial charge in [-0.25, -0.2) is 9.18 Å². The molecule has 0 aromatic heterocycles. The van der Waals surface area contributed by atoms with Gasteiger partial charge in [-0.2, -0.15) is 23.9 Å². The second-order valence-corrected chi connectivity index (χ2v) is 8.74. The van der Waals surface area contributed by atoms with Crippen LogP contribution in [0.3, 0.4) is 0 Å². The zero-order valence-electron chi connectivity index (χ0n) is 21.1. The lowest BCUT2D eigenvalue weighted by Crippen LogP contribution is -2.44. The van der Waals surface area contributed by atoms with Crippen LogP contribution in [0.5, 0.6) is 0 Å². The highest BCUT2D eigenvalue weighted by molar-refractivity contribution is 6.02. The van der Waals surface area contributed by atoms with Gasteiger partial charge >= 0.3 is 12.2 Å². The number of hydrogen-bond donors (Lipinski definition) is 2. The van der Waals surface area contributed by atoms with Crippen molar-refractivity contribution in [3.8, 4) is 6.07 Å². The smallest absolute Gasteiger partial charge is 0.382 e. The number of hydrogen-bond acceptors (Lipinski definition) is 6. The molecule has 206 valence electrons. The number of urea groups is 1. The second-order valence-electron chi connectivity index (χ2n) is 8.74. The Balaban J connectivity index is 1.86. The molecule has 1 saturated carbocycles. The molecule has 0 bridgehead atoms. The number of benzene rings is 2. The van der Waals surface area contributed by atoms with E-state index in [1.54, 1.807) is 6.07 Å². The minimum atomic E-state index is -4.77. The van der Waals surface area contributed by atoms with Gasteiger partial charge in [0.15, 0.2) is 6.23 Å². The molecule has 1 aliphatic carbocycles. The number of methoxy groups -OCH3 is 2. The molecule has 2 N–H and O–H groups in total. The summed E-state index contributed by atoms with van der Waals surface area (Å²) < 4.78 is 65.9. The molecular formula is C26H30F4N4O4. The van der Waals surface area contributed by atoms with Crippen LogP contribution in [0.1, 0.15) is 55.0 Å². The van der Waals surface area contributed by atoms with Gasteiger partial charge in [0.25, 0.3) is 0 Å². The lowest BCUT2D eigenvalue weighted by Gasteiger charge is -2.35. The zero-order chi connectivity index (χ0) is 27.7. The van der Waals surface area contributed by atoms with Crippen LogP contribution in [0.25, 0.3) is 0 Å². The van der Waals surface area contributed by atoms with Crippen molar-refractivity contribution in [1.82, 2.24) is 5.48 Å². The molecule has 0 aliphatic heterocycles. The Morgan fingerprint density at radius 1 is 1.13 bits per heavy atom. The van der Waals surface area contributed by atoms with Gasteiger partial charge in [0, 0.05) is 37.2 Å². The molecule has 12 heteroatoms. The van der Waals surface area contributed by atoms with Gasteiger partial charge in [0.05, 0.1) is 30.4 Å². The van der Waals surface area contributed by atoms with E-state index in [4.69, 9.17) is 19.6 Å². The van der Waals surface area contributed by atoms with Crippen LogP contribution < -0.4 is 15.7 Å². The van der Waals surface area contributed by atoms with Crippen molar-refractivity contribution >= 4 is 17.4 Å². The Bertz CT molecular complexity index is 1130. The highest BCUT2D eigenvalue weighted by Crippen LogP contribution is 2.36. The molecule has 3 rings (SSSR count). The molecule has 8 nitrogen and oxygen atoms in total. The summed E-state index contributed by atoms with van der Waals surface area (Å²) in [5.41, 5.74) is 1.16. The fourth-order valence-corrected chi connectivity index (χ4v) is 4.35. The average molecular weight is 539 g/mol. The van der Waals surface area contributed by atoms with Gasteiger partial charge in [-0.15, -0.1) is 0 Å². The van der Waals surface area contributed by atoms with Crippen molar-refractivity contribution in [3.63, 3.8) is 0 Å². The molecule has 1 fully saturated rings. The molecule has 2 amide bonds. The summed E-state index contributed by atoms with van der Waals surface area (Å²) in [5, 5.41) is 11.7. The van der Waals surface area contributed by atoms with Crippen LogP contribution >= 0.6 is 0 Å². The minimum absolute atomic E-state index is 0.00896. The molecule has 2 aromatic rings. The topological polar surface area (TPSA) is 95.8 Å². The van der Waals surface area contributed by atoms with Crippen molar-refractivity contribution < 1.29 is 36.7 Å². The van der Waals surface area contributed by atoms with Crippen LogP contribution in [0.4, 0.5) is 33.7 Å². The van der Waals surface area contributed by atoms with E-state index in [-0.39, 0.29) is 29.6 Å². The number of carbonyl (C=O) groups is 1. The first-order chi connectivity index (χ1) is 18.2. The first-order valence-electron chi connectivity index (χ1n) is 12.1. The van der Waals surface area contributed by atoms with E-state index in [2.05, 4.69) is 10.8 Å². The van der Waals surface area contributed by atoms with Gasteiger partial charge in [0.2, 0.25) is 0 Å². The van der Waals surface area contributed by atoms with Crippen molar-refractivity contribution in [2.24, 2.45) is 0 Å². The van der Waals surface area contributed by atoms with Crippen LogP contribution in [-0.4, -0.2) is 39.5 Å². The Kier molecular flexibility index (Phi) is 10.4. The molecule has 1 unspecified atom stereocenters. The third kappa shape index (κ3) is 7.41. The Morgan fingerprint density at radius 2 is 1.87 bits per heavy atom. The number of nitrogens with zero attached hydrogens (tertiary/aromatic N) is 2. The van der Waals surface area contributed by atoms with Crippen LogP contribution in [-0.2, 0) is 20.5 Å². The Labute approximate surface area is 218 Å². The molecule has 0 radical (unpaired) electrons. The number of carbonyl (C=O) groups excluding carboxylic acids is 1. The molecule has 0 heterocycles. The van der Waals surface area contributed by atoms with Gasteiger partial charge in [-0.05, 0) is 49.2 Å². The van der Waals surface area contributed by atoms with E-state index < -0.39 is 35.4 Å². The van der Waals surface area contributed by atoms with Crippen molar-refractivity contribution in [3.05, 3.63) is 58.9 Å². The van der Waals surface area contributed by atoms with E-state index in [1.807, 2.05) is 0 Å². The maximum Gasteiger partial charge on any atom is 0.417 e. The monoisotopic (exact) mass is 538 g/mol. The second kappa shape index (κ2) is 13.5. The number of hydroxylamine groups is 1. The van der Waals surface area contributed by atoms with E-state index in [0.29, 0.717) is 19.4 Å². The normalized spacial score (nSPS) is 15.1. The van der Waals surface area contributed by atoms with Gasteiger partial charge in [-0.3, -0.25) is 9.74 Å². The molecule has 38 heavy (non-hydrogen) atoms. The lowest BCUT2D eigenvalue weighted by molar-refractivity contribution is -0.137. The maximum atomic E-state index is 14.9. The largest absolute Gasteiger partial charge is 0.417 e. The first-order valence-corrected chi connectivity index (χ1v) is 12.1. The van der Waals surface area contributed by atoms with E-state index in [1.165, 1.54) is 37.3 Å². The molecule has 0 saturated heterocycles. The van der Waals surface area contributed by atoms with Gasteiger partial charge < -0.3 is 14.8 Å². The SMILES string of the molecule is COCCONC(OC)c1ccc(NC(=O)N(c2ccc(C#N)c(C(F)(F)F)c2)C2CCCCC2)cc1F. The predicted octanol–water partition coefficient (Wildman–Crippen LogP) is 5.90. The number of nitrogens with one attached hydrogen (secondary N) is 2. The van der Waals surface area contributed by atoms with Crippen molar-refractivity contribution in [1.29, 1.82) is 5.26 Å². The summed E-state index contributed by atoms with van der Waals surface area (Å²) in [7, 11) is 2.87. The summed E-state index contributed by atoms with van der Waals surface area (Å²) in [6.45, 7) is 0.520. The molecule has 1 atom stereocenters. The van der Waals surface area contributed by atoms with Crippen molar-refractivity contribution in [2.75, 3.05) is 37.7 Å². The number of anilines is 2. The number of rotatable bonds is 10. The number of alkyl halides is 3. The van der Waals surface area contributed by atoms with Crippen molar-refractivity contribution in [2.45, 2.75) is 50.6 Å². The van der Waals surface area contributed by atoms with Gasteiger partial charge in [-0.1, -0.05) is 19.3 Å². The highest BCUT2D eigenvalue weighted by Gasteiger charge is 2.36. The van der Waals surface area contributed by atoms with E-state index in [0.717, 1.165) is 37.5 Å². The Morgan fingerprint density at radius 3 is 2.47 bits per heavy atom. The molecule has 1 aliphatic rings. The number of amides is 2. The number of halogens is 4. The molecule has 2 aromatic carbocycles. The summed E-state index contributed by atoms with van der Waals surface area (Å²) in [5.74, 6) is -0.695. The van der Waals surface area contributed by atoms with E-state index >= 15 is 0 Å².